The first-order chi connectivity index (χ1) is 14.4. The van der Waals surface area contributed by atoms with Gasteiger partial charge in [-0.2, -0.15) is 0 Å². The Morgan fingerprint density at radius 1 is 1.17 bits per heavy atom. The lowest BCUT2D eigenvalue weighted by atomic mass is 10.2. The van der Waals surface area contributed by atoms with Gasteiger partial charge in [-0.05, 0) is 36.9 Å². The molecule has 8 nitrogen and oxygen atoms in total. The maximum Gasteiger partial charge on any atom is 0.265 e. The number of hydrogen-bond acceptors (Lipinski definition) is 7. The molecule has 0 saturated heterocycles. The van der Waals surface area contributed by atoms with Crippen molar-refractivity contribution in [2.75, 3.05) is 40.1 Å². The van der Waals surface area contributed by atoms with Crippen molar-refractivity contribution < 1.29 is 14.6 Å². The SMILES string of the molecule is COc1ccc(CN(C)C2NC(CNc3cccc(O)c3)=CC(=O)N2N(C)C)cc1. The number of benzene rings is 2. The van der Waals surface area contributed by atoms with Gasteiger partial charge in [0.2, 0.25) is 0 Å². The largest absolute Gasteiger partial charge is 0.508 e. The molecule has 1 aliphatic heterocycles. The number of carbonyl (C=O) groups is 1. The standard InChI is InChI=1S/C22H29N5O3/c1-25(2)27-21(29)13-18(14-23-17-6-5-7-19(28)12-17)24-22(27)26(3)15-16-8-10-20(30-4)11-9-16/h5-13,22-24,28H,14-15H2,1-4H3. The summed E-state index contributed by atoms with van der Waals surface area (Å²) in [6.45, 7) is 1.08. The Hall–Kier alpha value is -3.23. The number of nitrogens with one attached hydrogen (secondary N) is 2. The van der Waals surface area contributed by atoms with Gasteiger partial charge in [0.05, 0.1) is 13.7 Å². The van der Waals surface area contributed by atoms with E-state index in [1.807, 2.05) is 51.5 Å². The maximum absolute atomic E-state index is 12.8. The zero-order valence-electron chi connectivity index (χ0n) is 17.8. The Bertz CT molecular complexity index is 898. The molecular weight excluding hydrogens is 382 g/mol. The Morgan fingerprint density at radius 3 is 2.53 bits per heavy atom. The summed E-state index contributed by atoms with van der Waals surface area (Å²) in [6, 6.07) is 14.8. The fraction of sp³-hybridized carbons (Fsp3) is 0.318. The highest BCUT2D eigenvalue weighted by Gasteiger charge is 2.32. The van der Waals surface area contributed by atoms with Gasteiger partial charge in [-0.25, -0.2) is 10.0 Å². The zero-order valence-corrected chi connectivity index (χ0v) is 17.8. The predicted octanol–water partition coefficient (Wildman–Crippen LogP) is 2.02. The first-order valence-corrected chi connectivity index (χ1v) is 9.71. The molecule has 3 rings (SSSR count). The number of rotatable bonds is 8. The van der Waals surface area contributed by atoms with E-state index in [0.717, 1.165) is 22.7 Å². The number of hydrogen-bond donors (Lipinski definition) is 3. The monoisotopic (exact) mass is 411 g/mol. The van der Waals surface area contributed by atoms with Crippen LogP contribution in [-0.2, 0) is 11.3 Å². The third-order valence-electron chi connectivity index (χ3n) is 4.84. The second kappa shape index (κ2) is 9.51. The highest BCUT2D eigenvalue weighted by molar-refractivity contribution is 5.89. The smallest absolute Gasteiger partial charge is 0.265 e. The molecule has 0 aromatic heterocycles. The van der Waals surface area contributed by atoms with Crippen molar-refractivity contribution in [3.63, 3.8) is 0 Å². The van der Waals surface area contributed by atoms with Gasteiger partial charge in [-0.15, -0.1) is 0 Å². The fourth-order valence-corrected chi connectivity index (χ4v) is 3.34. The Morgan fingerprint density at radius 2 is 1.90 bits per heavy atom. The number of nitrogens with zero attached hydrogens (tertiary/aromatic N) is 3. The van der Waals surface area contributed by atoms with Gasteiger partial charge >= 0.3 is 0 Å². The Labute approximate surface area is 177 Å². The molecule has 0 spiro atoms. The van der Waals surface area contributed by atoms with Gasteiger partial charge in [-0.3, -0.25) is 9.69 Å². The van der Waals surface area contributed by atoms with E-state index in [4.69, 9.17) is 4.74 Å². The van der Waals surface area contributed by atoms with Crippen LogP contribution < -0.4 is 15.4 Å². The van der Waals surface area contributed by atoms with E-state index in [1.165, 1.54) is 0 Å². The van der Waals surface area contributed by atoms with Gasteiger partial charge in [0.15, 0.2) is 6.29 Å². The summed E-state index contributed by atoms with van der Waals surface area (Å²) in [7, 11) is 7.30. The van der Waals surface area contributed by atoms with Crippen molar-refractivity contribution in [3.8, 4) is 11.5 Å². The lowest BCUT2D eigenvalue weighted by Crippen LogP contribution is -2.63. The van der Waals surface area contributed by atoms with E-state index in [-0.39, 0.29) is 17.9 Å². The molecular formula is C22H29N5O3. The minimum absolute atomic E-state index is 0.0990. The van der Waals surface area contributed by atoms with Crippen LogP contribution in [0.1, 0.15) is 5.56 Å². The number of aromatic hydroxyl groups is 1. The predicted molar refractivity (Wildman–Crippen MR) is 117 cm³/mol. The summed E-state index contributed by atoms with van der Waals surface area (Å²) in [6.07, 6.45) is 1.24. The van der Waals surface area contributed by atoms with E-state index < -0.39 is 0 Å². The summed E-state index contributed by atoms with van der Waals surface area (Å²) in [5.41, 5.74) is 2.66. The van der Waals surface area contributed by atoms with E-state index >= 15 is 0 Å². The van der Waals surface area contributed by atoms with Crippen LogP contribution in [0.3, 0.4) is 0 Å². The number of carbonyl (C=O) groups excluding carboxylic acids is 1. The van der Waals surface area contributed by atoms with Crippen LogP contribution in [0.15, 0.2) is 60.3 Å². The number of amides is 1. The van der Waals surface area contributed by atoms with Crippen molar-refractivity contribution in [1.82, 2.24) is 20.2 Å². The Kier molecular flexibility index (Phi) is 6.81. The second-order valence-electron chi connectivity index (χ2n) is 7.38. The van der Waals surface area contributed by atoms with Gasteiger partial charge in [0, 0.05) is 44.2 Å². The summed E-state index contributed by atoms with van der Waals surface area (Å²) >= 11 is 0. The van der Waals surface area contributed by atoms with Gasteiger partial charge in [0.1, 0.15) is 11.5 Å². The third-order valence-corrected chi connectivity index (χ3v) is 4.84. The van der Waals surface area contributed by atoms with Crippen LogP contribution in [-0.4, -0.2) is 67.0 Å². The number of hydrazine groups is 1. The van der Waals surface area contributed by atoms with Crippen molar-refractivity contribution in [1.29, 1.82) is 0 Å². The number of ether oxygens (including phenoxy) is 1. The van der Waals surface area contributed by atoms with E-state index in [1.54, 1.807) is 41.4 Å². The number of anilines is 1. The molecule has 8 heteroatoms. The van der Waals surface area contributed by atoms with E-state index in [2.05, 4.69) is 15.5 Å². The average Bonchev–Trinajstić information content (AvgIpc) is 2.72. The van der Waals surface area contributed by atoms with Crippen LogP contribution >= 0.6 is 0 Å². The van der Waals surface area contributed by atoms with Crippen LogP contribution in [0.2, 0.25) is 0 Å². The number of phenols is 1. The number of phenolic OH excluding ortho intramolecular Hbond substituents is 1. The van der Waals surface area contributed by atoms with Gasteiger partial charge in [0.25, 0.3) is 5.91 Å². The highest BCUT2D eigenvalue weighted by Crippen LogP contribution is 2.19. The quantitative estimate of drug-likeness (QED) is 0.613. The molecule has 0 radical (unpaired) electrons. The summed E-state index contributed by atoms with van der Waals surface area (Å²) in [4.78, 5) is 14.9. The van der Waals surface area contributed by atoms with Crippen molar-refractivity contribution in [2.24, 2.45) is 0 Å². The molecule has 1 aliphatic rings. The molecule has 1 heterocycles. The first-order valence-electron chi connectivity index (χ1n) is 9.71. The molecule has 0 fully saturated rings. The summed E-state index contributed by atoms with van der Waals surface area (Å²) < 4.78 is 5.22. The van der Waals surface area contributed by atoms with E-state index in [0.29, 0.717) is 13.1 Å². The van der Waals surface area contributed by atoms with Gasteiger partial charge in [-0.1, -0.05) is 18.2 Å². The molecule has 0 bridgehead atoms. The molecule has 2 aromatic carbocycles. The topological polar surface area (TPSA) is 80.3 Å². The molecule has 160 valence electrons. The van der Waals surface area contributed by atoms with Crippen LogP contribution in [0, 0.1) is 0 Å². The average molecular weight is 412 g/mol. The van der Waals surface area contributed by atoms with E-state index in [9.17, 15) is 9.90 Å². The zero-order chi connectivity index (χ0) is 21.7. The normalized spacial score (nSPS) is 16.5. The molecule has 0 saturated carbocycles. The molecule has 2 aromatic rings. The molecule has 1 amide bonds. The summed E-state index contributed by atoms with van der Waals surface area (Å²) in [5.74, 6) is 0.904. The molecule has 1 unspecified atom stereocenters. The third kappa shape index (κ3) is 5.22. The van der Waals surface area contributed by atoms with Crippen molar-refractivity contribution >= 4 is 11.6 Å². The van der Waals surface area contributed by atoms with Crippen molar-refractivity contribution in [2.45, 2.75) is 12.8 Å². The minimum atomic E-state index is -0.347. The molecule has 30 heavy (non-hydrogen) atoms. The lowest BCUT2D eigenvalue weighted by molar-refractivity contribution is -0.158. The first kappa shape index (κ1) is 21.5. The molecule has 0 aliphatic carbocycles. The number of methoxy groups -OCH3 is 1. The fourth-order valence-electron chi connectivity index (χ4n) is 3.34. The molecule has 1 atom stereocenters. The van der Waals surface area contributed by atoms with Crippen molar-refractivity contribution in [3.05, 3.63) is 65.9 Å². The molecule has 3 N–H and O–H groups in total. The van der Waals surface area contributed by atoms with Crippen LogP contribution in [0.25, 0.3) is 0 Å². The summed E-state index contributed by atoms with van der Waals surface area (Å²) in [5, 5.41) is 19.7. The maximum atomic E-state index is 12.8. The highest BCUT2D eigenvalue weighted by atomic mass is 16.5. The minimum Gasteiger partial charge on any atom is -0.508 e. The van der Waals surface area contributed by atoms with Gasteiger partial charge < -0.3 is 20.5 Å². The lowest BCUT2D eigenvalue weighted by Gasteiger charge is -2.44. The second-order valence-corrected chi connectivity index (χ2v) is 7.38. The Balaban J connectivity index is 1.72. The van der Waals surface area contributed by atoms with Crippen LogP contribution in [0.4, 0.5) is 5.69 Å². The van der Waals surface area contributed by atoms with Crippen LogP contribution in [0.5, 0.6) is 11.5 Å².